The highest BCUT2D eigenvalue weighted by atomic mass is 28.4. The van der Waals surface area contributed by atoms with Crippen molar-refractivity contribution in [3.8, 4) is 0 Å². The zero-order valence-corrected chi connectivity index (χ0v) is 29.8. The van der Waals surface area contributed by atoms with Crippen LogP contribution in [0.15, 0.2) is 97.1 Å². The molecule has 8 heteroatoms. The van der Waals surface area contributed by atoms with Gasteiger partial charge in [0.1, 0.15) is 5.82 Å². The second-order valence-corrected chi connectivity index (χ2v) is 18.4. The summed E-state index contributed by atoms with van der Waals surface area (Å²) in [4.78, 5) is 12.4. The summed E-state index contributed by atoms with van der Waals surface area (Å²) in [6.07, 6.45) is 6.44. The van der Waals surface area contributed by atoms with E-state index < -0.39 is 19.7 Å². The van der Waals surface area contributed by atoms with Gasteiger partial charge in [0.25, 0.3) is 8.32 Å². The third-order valence-corrected chi connectivity index (χ3v) is 15.3. The second-order valence-electron chi connectivity index (χ2n) is 14.1. The maximum absolute atomic E-state index is 14.2. The summed E-state index contributed by atoms with van der Waals surface area (Å²) in [7, 11) is -2.92. The van der Waals surface area contributed by atoms with Gasteiger partial charge >= 0.3 is 5.97 Å². The van der Waals surface area contributed by atoms with Crippen molar-refractivity contribution in [1.82, 2.24) is 0 Å². The minimum Gasteiger partial charge on any atom is -0.463 e. The number of ether oxygens (including phenoxy) is 3. The van der Waals surface area contributed by atoms with Crippen molar-refractivity contribution in [2.75, 3.05) is 26.4 Å². The van der Waals surface area contributed by atoms with E-state index in [2.05, 4.69) is 69.3 Å². The molecular formula is C40H51FO6Si. The topological polar surface area (TPSA) is 74.2 Å². The van der Waals surface area contributed by atoms with Gasteiger partial charge in [0.15, 0.2) is 6.29 Å². The maximum Gasteiger partial charge on any atom is 0.330 e. The van der Waals surface area contributed by atoms with Crippen molar-refractivity contribution >= 4 is 24.7 Å². The molecule has 3 aromatic rings. The van der Waals surface area contributed by atoms with Gasteiger partial charge in [-0.1, -0.05) is 99.6 Å². The number of benzene rings is 3. The first-order valence-corrected chi connectivity index (χ1v) is 19.3. The number of rotatable bonds is 13. The van der Waals surface area contributed by atoms with Gasteiger partial charge in [-0.25, -0.2) is 9.18 Å². The summed E-state index contributed by atoms with van der Waals surface area (Å²) < 4.78 is 39.9. The van der Waals surface area contributed by atoms with Gasteiger partial charge in [-0.05, 0) is 78.1 Å². The number of carbonyl (C=O) groups excluding carboxylic acids is 1. The Balaban J connectivity index is 1.61. The molecule has 2 fully saturated rings. The largest absolute Gasteiger partial charge is 0.463 e. The quantitative estimate of drug-likeness (QED) is 0.124. The van der Waals surface area contributed by atoms with Crippen molar-refractivity contribution in [1.29, 1.82) is 0 Å². The number of hydrogen-bond donors (Lipinski definition) is 1. The van der Waals surface area contributed by atoms with Gasteiger partial charge in [-0.2, -0.15) is 0 Å². The minimum atomic E-state index is -2.92. The molecule has 0 spiro atoms. The Bertz CT molecular complexity index is 1430. The molecule has 5 atom stereocenters. The first kappa shape index (κ1) is 36.1. The van der Waals surface area contributed by atoms with E-state index in [4.69, 9.17) is 18.6 Å². The van der Waals surface area contributed by atoms with Gasteiger partial charge in [-0.15, -0.1) is 0 Å². The van der Waals surface area contributed by atoms with E-state index in [-0.39, 0.29) is 48.3 Å². The number of aliphatic hydroxyl groups excluding tert-OH is 1. The Morgan fingerprint density at radius 3 is 2.19 bits per heavy atom. The first-order chi connectivity index (χ1) is 23.1. The first-order valence-electron chi connectivity index (χ1n) is 17.4. The van der Waals surface area contributed by atoms with Gasteiger partial charge in [-0.3, -0.25) is 0 Å². The molecule has 1 saturated heterocycles. The molecule has 1 heterocycles. The average Bonchev–Trinajstić information content (AvgIpc) is 3.38. The Hall–Kier alpha value is -3.14. The Morgan fingerprint density at radius 2 is 1.65 bits per heavy atom. The van der Waals surface area contributed by atoms with Crippen molar-refractivity contribution in [2.24, 2.45) is 11.8 Å². The van der Waals surface area contributed by atoms with E-state index >= 15 is 0 Å². The standard InChI is InChI=1S/C40H51FO6Si/c1-5-44-37(43)20-14-19-35-34(28-46-48(39(2,3)4,32-15-8-6-9-16-32)33-17-10-7-11-18-33)36(47-38-21-12-13-26-45-38)27-40(35,29-42)30-22-24-31(41)25-23-30/h6-11,14-18,20,22-25,34-36,38,42H,5,12-13,19,21,26-29H2,1-4H3/b20-14+. The van der Waals surface area contributed by atoms with Crippen LogP contribution in [0.5, 0.6) is 0 Å². The number of carbonyl (C=O) groups is 1. The van der Waals surface area contributed by atoms with E-state index in [0.717, 1.165) is 24.8 Å². The molecule has 0 amide bonds. The van der Waals surface area contributed by atoms with Crippen LogP contribution in [0.1, 0.15) is 65.4 Å². The number of halogens is 1. The fourth-order valence-electron chi connectivity index (χ4n) is 7.99. The molecule has 0 aromatic heterocycles. The molecular weight excluding hydrogens is 624 g/mol. The van der Waals surface area contributed by atoms with Crippen molar-refractivity contribution in [3.05, 3.63) is 108 Å². The molecule has 6 nitrogen and oxygen atoms in total. The number of hydrogen-bond acceptors (Lipinski definition) is 6. The van der Waals surface area contributed by atoms with Crippen LogP contribution in [0.25, 0.3) is 0 Å². The van der Waals surface area contributed by atoms with E-state index in [0.29, 0.717) is 26.1 Å². The highest BCUT2D eigenvalue weighted by molar-refractivity contribution is 6.99. The maximum atomic E-state index is 14.2. The molecule has 5 unspecified atom stereocenters. The molecule has 0 radical (unpaired) electrons. The van der Waals surface area contributed by atoms with Crippen molar-refractivity contribution in [2.45, 2.75) is 82.6 Å². The highest BCUT2D eigenvalue weighted by Gasteiger charge is 2.57. The molecule has 1 aliphatic heterocycles. The lowest BCUT2D eigenvalue weighted by Crippen LogP contribution is -2.67. The van der Waals surface area contributed by atoms with Crippen LogP contribution in [-0.2, 0) is 28.8 Å². The molecule has 258 valence electrons. The van der Waals surface area contributed by atoms with Crippen molar-refractivity contribution < 1.29 is 32.9 Å². The van der Waals surface area contributed by atoms with Crippen LogP contribution in [0.2, 0.25) is 5.04 Å². The van der Waals surface area contributed by atoms with E-state index in [9.17, 15) is 14.3 Å². The van der Waals surface area contributed by atoms with Gasteiger partial charge < -0.3 is 23.7 Å². The SMILES string of the molecule is CCOC(=O)/C=C/CC1C(CO[Si](c2ccccc2)(c2ccccc2)C(C)(C)C)C(OC2CCCCO2)CC1(CO)c1ccc(F)cc1. The lowest BCUT2D eigenvalue weighted by atomic mass is 9.69. The summed E-state index contributed by atoms with van der Waals surface area (Å²) in [6, 6.07) is 27.5. The van der Waals surface area contributed by atoms with Crippen LogP contribution < -0.4 is 10.4 Å². The molecule has 2 aliphatic rings. The van der Waals surface area contributed by atoms with E-state index in [1.807, 2.05) is 18.2 Å². The fraction of sp³-hybridized carbons (Fsp3) is 0.475. The Kier molecular flexibility index (Phi) is 12.1. The normalized spacial score (nSPS) is 25.0. The lowest BCUT2D eigenvalue weighted by molar-refractivity contribution is -0.197. The molecule has 1 aliphatic carbocycles. The van der Waals surface area contributed by atoms with Crippen LogP contribution in [-0.4, -0.2) is 58.2 Å². The second kappa shape index (κ2) is 16.0. The highest BCUT2D eigenvalue weighted by Crippen LogP contribution is 2.53. The fourth-order valence-corrected chi connectivity index (χ4v) is 12.6. The number of esters is 1. The lowest BCUT2D eigenvalue weighted by Gasteiger charge is -2.44. The van der Waals surface area contributed by atoms with Crippen LogP contribution >= 0.6 is 0 Å². The van der Waals surface area contributed by atoms with E-state index in [1.165, 1.54) is 28.6 Å². The van der Waals surface area contributed by atoms with Gasteiger partial charge in [0.05, 0.1) is 19.3 Å². The number of aliphatic hydroxyl groups is 1. The van der Waals surface area contributed by atoms with Crippen molar-refractivity contribution in [3.63, 3.8) is 0 Å². The third-order valence-electron chi connectivity index (χ3n) is 10.3. The monoisotopic (exact) mass is 674 g/mol. The predicted octanol–water partition coefficient (Wildman–Crippen LogP) is 6.69. The minimum absolute atomic E-state index is 0.169. The summed E-state index contributed by atoms with van der Waals surface area (Å²) in [6.45, 7) is 9.69. The van der Waals surface area contributed by atoms with Gasteiger partial charge in [0.2, 0.25) is 0 Å². The van der Waals surface area contributed by atoms with Crippen LogP contribution in [0, 0.1) is 17.7 Å². The molecule has 3 aromatic carbocycles. The molecule has 48 heavy (non-hydrogen) atoms. The summed E-state index contributed by atoms with van der Waals surface area (Å²) in [5, 5.41) is 13.5. The summed E-state index contributed by atoms with van der Waals surface area (Å²) >= 11 is 0. The van der Waals surface area contributed by atoms with Gasteiger partial charge in [0, 0.05) is 30.6 Å². The average molecular weight is 675 g/mol. The molecule has 1 saturated carbocycles. The molecule has 0 bridgehead atoms. The van der Waals surface area contributed by atoms with Crippen LogP contribution in [0.4, 0.5) is 4.39 Å². The predicted molar refractivity (Wildman–Crippen MR) is 189 cm³/mol. The van der Waals surface area contributed by atoms with Crippen LogP contribution in [0.3, 0.4) is 0 Å². The van der Waals surface area contributed by atoms with E-state index in [1.54, 1.807) is 19.1 Å². The zero-order chi connectivity index (χ0) is 34.2. The smallest absolute Gasteiger partial charge is 0.330 e. The third kappa shape index (κ3) is 7.68. The molecule has 5 rings (SSSR count). The summed E-state index contributed by atoms with van der Waals surface area (Å²) in [5.41, 5.74) is 0.0675. The number of allylic oxidation sites excluding steroid dienone is 1. The Labute approximate surface area is 286 Å². The summed E-state index contributed by atoms with van der Waals surface area (Å²) in [5.74, 6) is -1.12. The Morgan fingerprint density at radius 1 is 1.00 bits per heavy atom. The molecule has 1 N–H and O–H groups in total. The zero-order valence-electron chi connectivity index (χ0n) is 28.8.